The van der Waals surface area contributed by atoms with Crippen LogP contribution in [-0.2, 0) is 6.54 Å². The molecule has 2 N–H and O–H groups in total. The third-order valence-corrected chi connectivity index (χ3v) is 6.26. The number of rotatable bonds is 7. The monoisotopic (exact) mass is 535 g/mol. The Morgan fingerprint density at radius 1 is 1.14 bits per heavy atom. The highest BCUT2D eigenvalue weighted by Gasteiger charge is 2.12. The number of hydrogen-bond donors (Lipinski definition) is 2. The average molecular weight is 537 g/mol. The van der Waals surface area contributed by atoms with E-state index in [1.165, 1.54) is 0 Å². The first-order valence-electron chi connectivity index (χ1n) is 11.9. The number of aromatic nitrogens is 4. The quantitative estimate of drug-likeness (QED) is 0.297. The first-order valence-corrected chi connectivity index (χ1v) is 12.7. The van der Waals surface area contributed by atoms with Crippen molar-refractivity contribution in [2.45, 2.75) is 27.3 Å². The van der Waals surface area contributed by atoms with Crippen molar-refractivity contribution in [3.05, 3.63) is 116 Å². The summed E-state index contributed by atoms with van der Waals surface area (Å²) in [7, 11) is 2.00. The molecule has 8 heteroatoms. The normalized spacial score (nSPS) is 12.4. The molecule has 2 aromatic carbocycles. The Bertz CT molecular complexity index is 1640. The zero-order valence-electron chi connectivity index (χ0n) is 21.5. The fourth-order valence-corrected chi connectivity index (χ4v) is 4.39. The van der Waals surface area contributed by atoms with E-state index in [2.05, 4.69) is 33.0 Å². The minimum absolute atomic E-state index is 0.244. The van der Waals surface area contributed by atoms with Crippen LogP contribution in [0.3, 0.4) is 0 Å². The van der Waals surface area contributed by atoms with Crippen molar-refractivity contribution in [3.63, 3.8) is 0 Å². The largest absolute Gasteiger partial charge is 0.370 e. The maximum Gasteiger partial charge on any atom is 0.323 e. The second kappa shape index (κ2) is 12.5. The van der Waals surface area contributed by atoms with Crippen LogP contribution in [0.5, 0.6) is 0 Å². The van der Waals surface area contributed by atoms with Gasteiger partial charge in [-0.15, -0.1) is 0 Å². The van der Waals surface area contributed by atoms with Crippen LogP contribution in [0.2, 0.25) is 10.0 Å². The number of halogens is 2. The van der Waals surface area contributed by atoms with Gasteiger partial charge in [-0.25, -0.2) is 9.78 Å². The molecule has 0 radical (unpaired) electrons. The van der Waals surface area contributed by atoms with Crippen molar-refractivity contribution in [3.8, 4) is 5.69 Å². The first-order chi connectivity index (χ1) is 17.8. The lowest BCUT2D eigenvalue weighted by Gasteiger charge is -2.24. The van der Waals surface area contributed by atoms with Crippen molar-refractivity contribution in [1.29, 1.82) is 0 Å². The van der Waals surface area contributed by atoms with Gasteiger partial charge in [-0.3, -0.25) is 4.57 Å². The maximum atomic E-state index is 11.7. The lowest BCUT2D eigenvalue weighted by atomic mass is 10.1. The molecule has 0 atom stereocenters. The summed E-state index contributed by atoms with van der Waals surface area (Å²) in [5.74, 6) is 0. The van der Waals surface area contributed by atoms with Gasteiger partial charge < -0.3 is 14.9 Å². The fourth-order valence-electron chi connectivity index (χ4n) is 3.92. The number of nitrogens with one attached hydrogen (secondary N) is 2. The molecular weight excluding hydrogens is 505 g/mol. The standard InChI is InChI=1S/C27H25Cl2N5O.C2H6/c1-5-7-25(33(4)15-19-8-9-20(28)13-22(19)29)18(6-2)12-26-17(3)30-16-34(26)21-10-11-23-24(14-21)32-27(35)31-23;1-2/h5-14,16H,1,3,15H2,2,4H3,(H2,31,32,35);1-2H3/b18-6+,25-7-,26-12+;. The molecule has 2 aromatic heterocycles. The van der Waals surface area contributed by atoms with E-state index >= 15 is 0 Å². The summed E-state index contributed by atoms with van der Waals surface area (Å²) >= 11 is 12.5. The van der Waals surface area contributed by atoms with E-state index in [1.807, 2.05) is 80.9 Å². The fraction of sp³-hybridized carbons (Fsp3) is 0.172. The number of aromatic amines is 2. The molecule has 0 aliphatic heterocycles. The average Bonchev–Trinajstić information content (AvgIpc) is 3.44. The van der Waals surface area contributed by atoms with Crippen molar-refractivity contribution in [2.24, 2.45) is 0 Å². The summed E-state index contributed by atoms with van der Waals surface area (Å²) < 4.78 is 1.94. The zero-order valence-corrected chi connectivity index (χ0v) is 23.0. The molecule has 37 heavy (non-hydrogen) atoms. The number of imidazole rings is 2. The van der Waals surface area contributed by atoms with Crippen molar-refractivity contribution in [1.82, 2.24) is 24.4 Å². The minimum Gasteiger partial charge on any atom is -0.370 e. The van der Waals surface area contributed by atoms with Gasteiger partial charge in [0.05, 0.1) is 21.7 Å². The Balaban J connectivity index is 0.00000186. The molecule has 6 nitrogen and oxygen atoms in total. The Labute approximate surface area is 226 Å². The highest BCUT2D eigenvalue weighted by Crippen LogP contribution is 2.25. The summed E-state index contributed by atoms with van der Waals surface area (Å²) in [6.07, 6.45) is 9.50. The summed E-state index contributed by atoms with van der Waals surface area (Å²) in [4.78, 5) is 23.8. The molecule has 0 fully saturated rings. The molecular formula is C29H31Cl2N5O. The van der Waals surface area contributed by atoms with Gasteiger partial charge in [-0.05, 0) is 60.5 Å². The third kappa shape index (κ3) is 6.34. The van der Waals surface area contributed by atoms with E-state index < -0.39 is 0 Å². The summed E-state index contributed by atoms with van der Waals surface area (Å²) in [6.45, 7) is 14.6. The number of H-pyrrole nitrogens is 2. The van der Waals surface area contributed by atoms with Crippen LogP contribution >= 0.6 is 23.2 Å². The Hall–Kier alpha value is -3.74. The van der Waals surface area contributed by atoms with E-state index in [-0.39, 0.29) is 5.69 Å². The third-order valence-electron chi connectivity index (χ3n) is 5.67. The lowest BCUT2D eigenvalue weighted by Crippen LogP contribution is -2.29. The summed E-state index contributed by atoms with van der Waals surface area (Å²) in [5.41, 5.74) is 4.94. The molecule has 0 aliphatic rings. The predicted molar refractivity (Wildman–Crippen MR) is 157 cm³/mol. The summed E-state index contributed by atoms with van der Waals surface area (Å²) in [6, 6.07) is 11.2. The van der Waals surface area contributed by atoms with E-state index in [1.54, 1.807) is 18.5 Å². The number of fused-ring (bicyclic) bond motifs is 1. The van der Waals surface area contributed by atoms with Gasteiger partial charge in [0.15, 0.2) is 0 Å². The van der Waals surface area contributed by atoms with E-state index in [9.17, 15) is 4.79 Å². The summed E-state index contributed by atoms with van der Waals surface area (Å²) in [5, 5.41) is 2.67. The SMILES string of the molecule is C=C/C=C(C(=C/C)/C=c1\c(=C)ncn1-c1ccc2[nH]c(=O)[nH]c2c1)\N(C)Cc1ccc(Cl)cc1Cl.CC. The van der Waals surface area contributed by atoms with Crippen LogP contribution in [0.25, 0.3) is 29.4 Å². The number of nitrogens with zero attached hydrogens (tertiary/aromatic N) is 3. The Morgan fingerprint density at radius 3 is 2.54 bits per heavy atom. The van der Waals surface area contributed by atoms with Crippen LogP contribution in [0, 0.1) is 0 Å². The van der Waals surface area contributed by atoms with Crippen LogP contribution < -0.4 is 16.4 Å². The highest BCUT2D eigenvalue weighted by atomic mass is 35.5. The molecule has 4 aromatic rings. The molecule has 4 rings (SSSR count). The molecule has 192 valence electrons. The highest BCUT2D eigenvalue weighted by molar-refractivity contribution is 6.35. The minimum atomic E-state index is -0.244. The van der Waals surface area contributed by atoms with Crippen molar-refractivity contribution >= 4 is 46.9 Å². The van der Waals surface area contributed by atoms with Gasteiger partial charge in [-0.2, -0.15) is 0 Å². The van der Waals surface area contributed by atoms with Crippen molar-refractivity contribution < 1.29 is 0 Å². The Morgan fingerprint density at radius 2 is 1.86 bits per heavy atom. The zero-order chi connectivity index (χ0) is 27.1. The molecule has 0 saturated heterocycles. The predicted octanol–water partition coefficient (Wildman–Crippen LogP) is 5.71. The van der Waals surface area contributed by atoms with Gasteiger partial charge in [0.1, 0.15) is 6.33 Å². The topological polar surface area (TPSA) is 69.7 Å². The van der Waals surface area contributed by atoms with Gasteiger partial charge in [0, 0.05) is 35.0 Å². The van der Waals surface area contributed by atoms with E-state index in [0.29, 0.717) is 21.9 Å². The van der Waals surface area contributed by atoms with Gasteiger partial charge in [0.25, 0.3) is 0 Å². The molecule has 0 saturated carbocycles. The smallest absolute Gasteiger partial charge is 0.323 e. The van der Waals surface area contributed by atoms with Gasteiger partial charge in [0.2, 0.25) is 0 Å². The number of benzene rings is 2. The molecule has 0 unspecified atom stereocenters. The second-order valence-electron chi connectivity index (χ2n) is 8.02. The maximum absolute atomic E-state index is 11.7. The van der Waals surface area contributed by atoms with Crippen molar-refractivity contribution in [2.75, 3.05) is 7.05 Å². The molecule has 0 amide bonds. The van der Waals surface area contributed by atoms with E-state index in [4.69, 9.17) is 23.2 Å². The number of allylic oxidation sites excluding steroid dienone is 4. The lowest BCUT2D eigenvalue weighted by molar-refractivity contribution is 0.421. The molecule has 0 spiro atoms. The van der Waals surface area contributed by atoms with Gasteiger partial charge >= 0.3 is 5.69 Å². The van der Waals surface area contributed by atoms with Crippen LogP contribution in [0.15, 0.2) is 83.6 Å². The first kappa shape index (κ1) is 27.8. The van der Waals surface area contributed by atoms with Gasteiger partial charge in [-0.1, -0.05) is 68.4 Å². The molecule has 0 aliphatic carbocycles. The van der Waals surface area contributed by atoms with Crippen LogP contribution in [-0.4, -0.2) is 31.5 Å². The molecule has 0 bridgehead atoms. The second-order valence-corrected chi connectivity index (χ2v) is 8.87. The van der Waals surface area contributed by atoms with Crippen LogP contribution in [0.4, 0.5) is 0 Å². The number of hydrogen-bond acceptors (Lipinski definition) is 3. The number of likely N-dealkylation sites (N-methyl/N-ethyl adjacent to an activating group) is 1. The van der Waals surface area contributed by atoms with E-state index in [0.717, 1.165) is 38.9 Å². The van der Waals surface area contributed by atoms with Crippen LogP contribution in [0.1, 0.15) is 26.3 Å². The molecule has 2 heterocycles. The Kier molecular flexibility index (Phi) is 9.39.